The van der Waals surface area contributed by atoms with Crippen molar-refractivity contribution in [3.63, 3.8) is 0 Å². The second-order valence-corrected chi connectivity index (χ2v) is 7.53. The molecule has 4 heteroatoms. The minimum absolute atomic E-state index is 0.667. The molecule has 134 valence electrons. The number of para-hydroxylation sites is 1. The van der Waals surface area contributed by atoms with Gasteiger partial charge >= 0.3 is 0 Å². The van der Waals surface area contributed by atoms with Crippen LogP contribution < -0.4 is 10.2 Å². The van der Waals surface area contributed by atoms with Crippen molar-refractivity contribution >= 4 is 22.3 Å². The monoisotopic (exact) mass is 346 g/mol. The Balaban J connectivity index is 1.16. The second-order valence-electron chi connectivity index (χ2n) is 7.53. The van der Waals surface area contributed by atoms with E-state index in [-0.39, 0.29) is 0 Å². The van der Waals surface area contributed by atoms with Crippen molar-refractivity contribution < 1.29 is 0 Å². The molecule has 4 nitrogen and oxygen atoms in total. The van der Waals surface area contributed by atoms with Crippen molar-refractivity contribution in [1.82, 2.24) is 9.88 Å². The average Bonchev–Trinajstić information content (AvgIpc) is 3.33. The van der Waals surface area contributed by atoms with Gasteiger partial charge in [0.15, 0.2) is 0 Å². The summed E-state index contributed by atoms with van der Waals surface area (Å²) >= 11 is 0. The van der Waals surface area contributed by atoms with Gasteiger partial charge < -0.3 is 15.2 Å². The average molecular weight is 346 g/mol. The van der Waals surface area contributed by atoms with Gasteiger partial charge in [-0.3, -0.25) is 4.90 Å². The van der Waals surface area contributed by atoms with Gasteiger partial charge in [0.2, 0.25) is 0 Å². The molecule has 0 aliphatic carbocycles. The molecule has 0 radical (unpaired) electrons. The highest BCUT2D eigenvalue weighted by Gasteiger charge is 2.23. The van der Waals surface area contributed by atoms with Crippen LogP contribution in [0.3, 0.4) is 0 Å². The van der Waals surface area contributed by atoms with Crippen molar-refractivity contribution in [2.45, 2.75) is 12.3 Å². The van der Waals surface area contributed by atoms with Crippen molar-refractivity contribution in [2.24, 2.45) is 0 Å². The third-order valence-corrected chi connectivity index (χ3v) is 6.01. The Labute approximate surface area is 154 Å². The summed E-state index contributed by atoms with van der Waals surface area (Å²) < 4.78 is 0. The number of hydrogen-bond acceptors (Lipinski definition) is 3. The lowest BCUT2D eigenvalue weighted by Gasteiger charge is -2.36. The minimum atomic E-state index is 0.667. The summed E-state index contributed by atoms with van der Waals surface area (Å²) in [5.74, 6) is 0.667. The van der Waals surface area contributed by atoms with Crippen LogP contribution in [0.5, 0.6) is 0 Å². The Morgan fingerprint density at radius 3 is 2.77 bits per heavy atom. The van der Waals surface area contributed by atoms with Gasteiger partial charge in [0.1, 0.15) is 0 Å². The van der Waals surface area contributed by atoms with E-state index in [1.165, 1.54) is 40.8 Å². The van der Waals surface area contributed by atoms with Gasteiger partial charge in [0.25, 0.3) is 0 Å². The van der Waals surface area contributed by atoms with Gasteiger partial charge in [-0.1, -0.05) is 18.2 Å². The maximum absolute atomic E-state index is 3.55. The standard InChI is InChI=1S/C22H26N4/c1-2-4-22-20(3-1)18(16-24-22)8-10-25-11-13-26(14-12-25)19-5-6-21-17(15-19)7-9-23-21/h1-7,9,15,18,23-24H,8,10-14,16H2. The number of anilines is 2. The largest absolute Gasteiger partial charge is 0.384 e. The van der Waals surface area contributed by atoms with E-state index in [1.807, 2.05) is 6.20 Å². The van der Waals surface area contributed by atoms with E-state index >= 15 is 0 Å². The number of fused-ring (bicyclic) bond motifs is 2. The Kier molecular flexibility index (Phi) is 4.06. The maximum Gasteiger partial charge on any atom is 0.0455 e. The molecule has 1 atom stereocenters. The first-order valence-electron chi connectivity index (χ1n) is 9.74. The Bertz CT molecular complexity index is 892. The minimum Gasteiger partial charge on any atom is -0.384 e. The van der Waals surface area contributed by atoms with Gasteiger partial charge in [0.05, 0.1) is 0 Å². The first-order valence-corrected chi connectivity index (χ1v) is 9.74. The fraction of sp³-hybridized carbons (Fsp3) is 0.364. The number of H-pyrrole nitrogens is 1. The van der Waals surface area contributed by atoms with E-state index in [0.29, 0.717) is 5.92 Å². The number of hydrogen-bond donors (Lipinski definition) is 2. The summed E-state index contributed by atoms with van der Waals surface area (Å²) in [6.45, 7) is 6.85. The molecule has 5 rings (SSSR count). The molecule has 0 amide bonds. The summed E-state index contributed by atoms with van der Waals surface area (Å²) in [5, 5.41) is 4.85. The number of aromatic nitrogens is 1. The lowest BCUT2D eigenvalue weighted by molar-refractivity contribution is 0.250. The number of nitrogens with one attached hydrogen (secondary N) is 2. The zero-order chi connectivity index (χ0) is 17.3. The predicted molar refractivity (Wildman–Crippen MR) is 109 cm³/mol. The first kappa shape index (κ1) is 15.8. The third-order valence-electron chi connectivity index (χ3n) is 6.01. The maximum atomic E-state index is 3.55. The fourth-order valence-electron chi connectivity index (χ4n) is 4.42. The lowest BCUT2D eigenvalue weighted by atomic mass is 9.97. The van der Waals surface area contributed by atoms with Crippen LogP contribution in [0, 0.1) is 0 Å². The van der Waals surface area contributed by atoms with Crippen LogP contribution in [-0.2, 0) is 0 Å². The van der Waals surface area contributed by atoms with Gasteiger partial charge in [-0.2, -0.15) is 0 Å². The number of piperazine rings is 1. The highest BCUT2D eigenvalue weighted by atomic mass is 15.3. The number of rotatable bonds is 4. The first-order chi connectivity index (χ1) is 12.9. The highest BCUT2D eigenvalue weighted by molar-refractivity contribution is 5.83. The molecule has 2 aliphatic heterocycles. The Hall–Kier alpha value is -2.46. The van der Waals surface area contributed by atoms with E-state index in [2.05, 4.69) is 68.6 Å². The van der Waals surface area contributed by atoms with Crippen molar-refractivity contribution in [3.8, 4) is 0 Å². The highest BCUT2D eigenvalue weighted by Crippen LogP contribution is 2.33. The molecule has 1 saturated heterocycles. The molecule has 1 aromatic heterocycles. The second kappa shape index (κ2) is 6.69. The van der Waals surface area contributed by atoms with E-state index in [1.54, 1.807) is 0 Å². The molecule has 2 aliphatic rings. The molecule has 3 heterocycles. The zero-order valence-electron chi connectivity index (χ0n) is 15.1. The molecule has 3 aromatic rings. The summed E-state index contributed by atoms with van der Waals surface area (Å²) in [6.07, 6.45) is 3.27. The van der Waals surface area contributed by atoms with Crippen LogP contribution in [0.25, 0.3) is 10.9 Å². The van der Waals surface area contributed by atoms with Crippen molar-refractivity contribution in [1.29, 1.82) is 0 Å². The molecule has 26 heavy (non-hydrogen) atoms. The Morgan fingerprint density at radius 2 is 1.85 bits per heavy atom. The van der Waals surface area contributed by atoms with Gasteiger partial charge in [-0.15, -0.1) is 0 Å². The number of aromatic amines is 1. The van der Waals surface area contributed by atoms with Crippen LogP contribution in [0.15, 0.2) is 54.7 Å². The molecule has 1 fully saturated rings. The van der Waals surface area contributed by atoms with Crippen LogP contribution in [0.4, 0.5) is 11.4 Å². The SMILES string of the molecule is c1ccc2c(c1)NCC2CCN1CCN(c2ccc3[nH]ccc3c2)CC1. The predicted octanol–water partition coefficient (Wildman–Crippen LogP) is 3.89. The van der Waals surface area contributed by atoms with E-state index < -0.39 is 0 Å². The lowest BCUT2D eigenvalue weighted by Crippen LogP contribution is -2.46. The molecular formula is C22H26N4. The Morgan fingerprint density at radius 1 is 0.962 bits per heavy atom. The van der Waals surface area contributed by atoms with Crippen LogP contribution in [0.2, 0.25) is 0 Å². The van der Waals surface area contributed by atoms with Gasteiger partial charge in [0, 0.05) is 67.1 Å². The fourth-order valence-corrected chi connectivity index (χ4v) is 4.42. The van der Waals surface area contributed by atoms with Crippen LogP contribution in [0.1, 0.15) is 17.9 Å². The van der Waals surface area contributed by atoms with E-state index in [9.17, 15) is 0 Å². The summed E-state index contributed by atoms with van der Waals surface area (Å²) in [6, 6.07) is 17.7. The number of nitrogens with zero attached hydrogens (tertiary/aromatic N) is 2. The smallest absolute Gasteiger partial charge is 0.0455 e. The van der Waals surface area contributed by atoms with Crippen LogP contribution >= 0.6 is 0 Å². The molecule has 2 N–H and O–H groups in total. The zero-order valence-corrected chi connectivity index (χ0v) is 15.1. The van der Waals surface area contributed by atoms with Crippen LogP contribution in [-0.4, -0.2) is 49.2 Å². The third kappa shape index (κ3) is 2.95. The van der Waals surface area contributed by atoms with Crippen molar-refractivity contribution in [3.05, 3.63) is 60.3 Å². The van der Waals surface area contributed by atoms with Gasteiger partial charge in [-0.25, -0.2) is 0 Å². The van der Waals surface area contributed by atoms with Crippen molar-refractivity contribution in [2.75, 3.05) is 49.5 Å². The van der Waals surface area contributed by atoms with E-state index in [4.69, 9.17) is 0 Å². The summed E-state index contributed by atoms with van der Waals surface area (Å²) in [4.78, 5) is 8.43. The molecular weight excluding hydrogens is 320 g/mol. The molecule has 0 bridgehead atoms. The normalized spacial score (nSPS) is 20.3. The van der Waals surface area contributed by atoms with Gasteiger partial charge in [-0.05, 0) is 48.9 Å². The summed E-state index contributed by atoms with van der Waals surface area (Å²) in [7, 11) is 0. The summed E-state index contributed by atoms with van der Waals surface area (Å²) in [5.41, 5.74) is 5.41. The molecule has 0 saturated carbocycles. The topological polar surface area (TPSA) is 34.3 Å². The molecule has 0 spiro atoms. The molecule has 1 unspecified atom stereocenters. The number of benzene rings is 2. The quantitative estimate of drug-likeness (QED) is 0.752. The van der Waals surface area contributed by atoms with E-state index in [0.717, 1.165) is 32.7 Å². The molecule has 2 aromatic carbocycles.